The van der Waals surface area contributed by atoms with Gasteiger partial charge in [-0.15, -0.1) is 24.8 Å². The number of nitrogens with zero attached hydrogens (tertiary/aromatic N) is 2. The molecule has 154 valence electrons. The van der Waals surface area contributed by atoms with Gasteiger partial charge in [0.1, 0.15) is 11.4 Å². The fourth-order valence-electron chi connectivity index (χ4n) is 2.72. The molecule has 6 nitrogen and oxygen atoms in total. The maximum absolute atomic E-state index is 13.1. The minimum Gasteiger partial charge on any atom is -0.346 e. The second kappa shape index (κ2) is 10.7. The largest absolute Gasteiger partial charge is 0.346 e. The number of halogens is 3. The lowest BCUT2D eigenvalue weighted by Crippen LogP contribution is -2.33. The molecule has 0 aliphatic carbocycles. The zero-order chi connectivity index (χ0) is 19.4. The number of hydrogen-bond acceptors (Lipinski definition) is 4. The highest BCUT2D eigenvalue weighted by Crippen LogP contribution is 2.10. The average Bonchev–Trinajstić information content (AvgIpc) is 2.67. The Hall–Kier alpha value is -2.74. The van der Waals surface area contributed by atoms with Gasteiger partial charge in [0.05, 0.1) is 12.2 Å². The van der Waals surface area contributed by atoms with Crippen LogP contribution >= 0.6 is 24.8 Å². The lowest BCUT2D eigenvalue weighted by atomic mass is 10.1. The predicted octanol–water partition coefficient (Wildman–Crippen LogP) is 2.91. The lowest BCUT2D eigenvalue weighted by molar-refractivity contribution is 0.0948. The number of benzene rings is 1. The highest BCUT2D eigenvalue weighted by atomic mass is 35.5. The zero-order valence-electron chi connectivity index (χ0n) is 15.6. The average molecular weight is 439 g/mol. The molecule has 3 rings (SSSR count). The van der Waals surface area contributed by atoms with Gasteiger partial charge in [0.25, 0.3) is 11.5 Å². The van der Waals surface area contributed by atoms with E-state index in [0.717, 1.165) is 5.56 Å². The first-order chi connectivity index (χ1) is 13.0. The van der Waals surface area contributed by atoms with E-state index < -0.39 is 17.3 Å². The molecule has 0 aliphatic rings. The minimum absolute atomic E-state index is 0. The molecular weight excluding hydrogens is 418 g/mol. The van der Waals surface area contributed by atoms with E-state index in [1.165, 1.54) is 28.8 Å². The van der Waals surface area contributed by atoms with Crippen LogP contribution in [0.2, 0.25) is 0 Å². The summed E-state index contributed by atoms with van der Waals surface area (Å²) in [6, 6.07) is 10.8. The molecule has 0 saturated carbocycles. The number of aryl methyl sites for hydroxylation is 1. The molecule has 1 aromatic carbocycles. The van der Waals surface area contributed by atoms with Crippen LogP contribution in [0.1, 0.15) is 27.2 Å². The third-order valence-electron chi connectivity index (χ3n) is 4.18. The van der Waals surface area contributed by atoms with Crippen molar-refractivity contribution in [2.75, 3.05) is 0 Å². The predicted molar refractivity (Wildman–Crippen MR) is 115 cm³/mol. The normalized spacial score (nSPS) is 9.90. The number of hydrogen-bond donors (Lipinski definition) is 2. The van der Waals surface area contributed by atoms with Gasteiger partial charge in [-0.1, -0.05) is 0 Å². The summed E-state index contributed by atoms with van der Waals surface area (Å²) in [7, 11) is 0. The second-order valence-electron chi connectivity index (χ2n) is 6.07. The van der Waals surface area contributed by atoms with E-state index in [9.17, 15) is 14.0 Å². The Morgan fingerprint density at radius 1 is 1.17 bits per heavy atom. The maximum atomic E-state index is 13.1. The molecule has 9 heteroatoms. The van der Waals surface area contributed by atoms with Gasteiger partial charge < -0.3 is 11.1 Å². The first-order valence-corrected chi connectivity index (χ1v) is 8.40. The Bertz CT molecular complexity index is 1040. The van der Waals surface area contributed by atoms with Gasteiger partial charge in [-0.2, -0.15) is 0 Å². The molecule has 1 amide bonds. The SMILES string of the molecule is Cc1ccn(-c2ccc(F)cc2)c(=O)c1C(=O)NCc1cc(CN)ccn1.Cl.Cl. The molecule has 0 saturated heterocycles. The number of aromatic nitrogens is 2. The van der Waals surface area contributed by atoms with Gasteiger partial charge in [-0.3, -0.25) is 19.1 Å². The summed E-state index contributed by atoms with van der Waals surface area (Å²) in [5.41, 5.74) is 7.77. The molecule has 0 spiro atoms. The molecular formula is C20H21Cl2FN4O2. The number of nitrogens with one attached hydrogen (secondary N) is 1. The zero-order valence-corrected chi connectivity index (χ0v) is 17.2. The van der Waals surface area contributed by atoms with Crippen molar-refractivity contribution < 1.29 is 9.18 Å². The summed E-state index contributed by atoms with van der Waals surface area (Å²) in [5.74, 6) is -0.891. The Morgan fingerprint density at radius 2 is 1.86 bits per heavy atom. The van der Waals surface area contributed by atoms with Crippen molar-refractivity contribution in [3.05, 3.63) is 93.4 Å². The van der Waals surface area contributed by atoms with E-state index in [4.69, 9.17) is 5.73 Å². The Labute approximate surface area is 179 Å². The van der Waals surface area contributed by atoms with E-state index in [-0.39, 0.29) is 36.9 Å². The van der Waals surface area contributed by atoms with Crippen LogP contribution in [0.4, 0.5) is 4.39 Å². The van der Waals surface area contributed by atoms with Crippen LogP contribution in [0.3, 0.4) is 0 Å². The third-order valence-corrected chi connectivity index (χ3v) is 4.18. The van der Waals surface area contributed by atoms with Crippen LogP contribution in [-0.4, -0.2) is 15.5 Å². The van der Waals surface area contributed by atoms with E-state index in [2.05, 4.69) is 10.3 Å². The lowest BCUT2D eigenvalue weighted by Gasteiger charge is -2.11. The molecule has 0 atom stereocenters. The second-order valence-corrected chi connectivity index (χ2v) is 6.07. The maximum Gasteiger partial charge on any atom is 0.268 e. The van der Waals surface area contributed by atoms with E-state index in [0.29, 0.717) is 23.5 Å². The van der Waals surface area contributed by atoms with Gasteiger partial charge in [0, 0.05) is 24.6 Å². The van der Waals surface area contributed by atoms with Gasteiger partial charge in [-0.05, 0) is 60.5 Å². The molecule has 29 heavy (non-hydrogen) atoms. The molecule has 0 unspecified atom stereocenters. The van der Waals surface area contributed by atoms with Crippen LogP contribution < -0.4 is 16.6 Å². The Morgan fingerprint density at radius 3 is 2.52 bits per heavy atom. The van der Waals surface area contributed by atoms with E-state index >= 15 is 0 Å². The van der Waals surface area contributed by atoms with Gasteiger partial charge >= 0.3 is 0 Å². The minimum atomic E-state index is -0.492. The molecule has 3 N–H and O–H groups in total. The van der Waals surface area contributed by atoms with Crippen LogP contribution in [0.15, 0.2) is 59.7 Å². The topological polar surface area (TPSA) is 90.0 Å². The summed E-state index contributed by atoms with van der Waals surface area (Å²) in [6.45, 7) is 2.25. The van der Waals surface area contributed by atoms with Crippen LogP contribution in [-0.2, 0) is 13.1 Å². The summed E-state index contributed by atoms with van der Waals surface area (Å²) in [6.07, 6.45) is 3.19. The highest BCUT2D eigenvalue weighted by Gasteiger charge is 2.16. The fraction of sp³-hybridized carbons (Fsp3) is 0.150. The van der Waals surface area contributed by atoms with Crippen molar-refractivity contribution in [1.29, 1.82) is 0 Å². The standard InChI is InChI=1S/C20H19FN4O2.2ClH/c1-13-7-9-25(17-4-2-15(21)3-5-17)20(27)18(13)19(26)24-12-16-10-14(11-22)6-8-23-16;;/h2-10H,11-12,22H2,1H3,(H,24,26);2*1H. The van der Waals surface area contributed by atoms with E-state index in [1.807, 2.05) is 0 Å². The van der Waals surface area contributed by atoms with Crippen LogP contribution in [0.25, 0.3) is 5.69 Å². The first-order valence-electron chi connectivity index (χ1n) is 8.40. The summed E-state index contributed by atoms with van der Waals surface area (Å²) >= 11 is 0. The summed E-state index contributed by atoms with van der Waals surface area (Å²) in [5, 5.41) is 2.72. The smallest absolute Gasteiger partial charge is 0.268 e. The van der Waals surface area contributed by atoms with Crippen molar-refractivity contribution in [3.8, 4) is 5.69 Å². The molecule has 0 fully saturated rings. The Kier molecular flexibility index (Phi) is 8.97. The number of amides is 1. The highest BCUT2D eigenvalue weighted by molar-refractivity contribution is 5.95. The number of rotatable bonds is 5. The van der Waals surface area contributed by atoms with Crippen molar-refractivity contribution in [1.82, 2.24) is 14.9 Å². The van der Waals surface area contributed by atoms with Gasteiger partial charge in [0.15, 0.2) is 0 Å². The number of nitrogens with two attached hydrogens (primary N) is 1. The molecule has 3 aromatic rings. The third kappa shape index (κ3) is 5.63. The van der Waals surface area contributed by atoms with Crippen LogP contribution in [0.5, 0.6) is 0 Å². The molecule has 0 bridgehead atoms. The molecule has 2 heterocycles. The van der Waals surface area contributed by atoms with Crippen molar-refractivity contribution in [2.24, 2.45) is 5.73 Å². The van der Waals surface area contributed by atoms with Gasteiger partial charge in [0.2, 0.25) is 0 Å². The first kappa shape index (κ1) is 24.3. The number of pyridine rings is 2. The summed E-state index contributed by atoms with van der Waals surface area (Å²) < 4.78 is 14.4. The number of carbonyl (C=O) groups excluding carboxylic acids is 1. The van der Waals surface area contributed by atoms with Crippen molar-refractivity contribution >= 4 is 30.7 Å². The van der Waals surface area contributed by atoms with E-state index in [1.54, 1.807) is 37.5 Å². The fourth-order valence-corrected chi connectivity index (χ4v) is 2.72. The quantitative estimate of drug-likeness (QED) is 0.640. The van der Waals surface area contributed by atoms with Gasteiger partial charge in [-0.25, -0.2) is 4.39 Å². The monoisotopic (exact) mass is 438 g/mol. The summed E-state index contributed by atoms with van der Waals surface area (Å²) in [4.78, 5) is 29.6. The number of carbonyl (C=O) groups is 1. The molecule has 0 aliphatic heterocycles. The molecule has 0 radical (unpaired) electrons. The van der Waals surface area contributed by atoms with Crippen LogP contribution in [0, 0.1) is 12.7 Å². The Balaban J connectivity index is 0.00000210. The molecule has 2 aromatic heterocycles. The van der Waals surface area contributed by atoms with Crippen molar-refractivity contribution in [2.45, 2.75) is 20.0 Å². The van der Waals surface area contributed by atoms with Crippen molar-refractivity contribution in [3.63, 3.8) is 0 Å².